The molecule has 0 N–H and O–H groups in total. The Balaban J connectivity index is 2.16. The monoisotopic (exact) mass is 296 g/mol. The average Bonchev–Trinajstić information content (AvgIpc) is 2.78. The molecule has 2 rings (SSSR count). The standard InChI is InChI=1S/C13H10F2N2O4/c1-8-12(17(18)19)11(16-21-8)7-4-9-2-5-10(6-3-9)20-13(14)15/h2-7,13H,1H3/b7-4+. The van der Waals surface area contributed by atoms with Crippen molar-refractivity contribution >= 4 is 17.8 Å². The van der Waals surface area contributed by atoms with Gasteiger partial charge in [-0.05, 0) is 23.8 Å². The van der Waals surface area contributed by atoms with Gasteiger partial charge in [0.1, 0.15) is 5.75 Å². The molecule has 0 amide bonds. The van der Waals surface area contributed by atoms with E-state index in [1.807, 2.05) is 0 Å². The summed E-state index contributed by atoms with van der Waals surface area (Å²) in [5, 5.41) is 14.4. The molecule has 1 aromatic carbocycles. The van der Waals surface area contributed by atoms with E-state index in [2.05, 4.69) is 9.89 Å². The van der Waals surface area contributed by atoms with Crippen LogP contribution in [-0.4, -0.2) is 16.7 Å². The van der Waals surface area contributed by atoms with E-state index in [4.69, 9.17) is 4.52 Å². The van der Waals surface area contributed by atoms with Gasteiger partial charge in [0.2, 0.25) is 5.76 Å². The summed E-state index contributed by atoms with van der Waals surface area (Å²) in [6.45, 7) is -1.44. The minimum Gasteiger partial charge on any atom is -0.435 e. The molecule has 0 saturated heterocycles. The highest BCUT2D eigenvalue weighted by molar-refractivity contribution is 5.72. The van der Waals surface area contributed by atoms with Gasteiger partial charge in [-0.25, -0.2) is 0 Å². The van der Waals surface area contributed by atoms with Crippen molar-refractivity contribution in [2.45, 2.75) is 13.5 Å². The third-order valence-electron chi connectivity index (χ3n) is 2.58. The van der Waals surface area contributed by atoms with Gasteiger partial charge in [0.05, 0.1) is 4.92 Å². The molecule has 1 heterocycles. The molecule has 0 aliphatic heterocycles. The fourth-order valence-corrected chi connectivity index (χ4v) is 1.65. The van der Waals surface area contributed by atoms with Crippen LogP contribution in [0.3, 0.4) is 0 Å². The number of aromatic nitrogens is 1. The Kier molecular flexibility index (Phi) is 4.27. The van der Waals surface area contributed by atoms with Crippen LogP contribution < -0.4 is 4.74 Å². The third-order valence-corrected chi connectivity index (χ3v) is 2.58. The van der Waals surface area contributed by atoms with Gasteiger partial charge in [0.25, 0.3) is 0 Å². The van der Waals surface area contributed by atoms with Crippen molar-refractivity contribution in [3.8, 4) is 5.75 Å². The fraction of sp³-hybridized carbons (Fsp3) is 0.154. The second-order valence-electron chi connectivity index (χ2n) is 4.01. The number of rotatable bonds is 5. The molecule has 0 atom stereocenters. The second-order valence-corrected chi connectivity index (χ2v) is 4.01. The summed E-state index contributed by atoms with van der Waals surface area (Å²) < 4.78 is 33.0. The van der Waals surface area contributed by atoms with Crippen LogP contribution in [0, 0.1) is 17.0 Å². The molecule has 2 aromatic rings. The van der Waals surface area contributed by atoms with Crippen LogP contribution in [0.15, 0.2) is 28.8 Å². The van der Waals surface area contributed by atoms with Crippen LogP contribution in [0.1, 0.15) is 17.0 Å². The van der Waals surface area contributed by atoms with Gasteiger partial charge in [-0.3, -0.25) is 10.1 Å². The van der Waals surface area contributed by atoms with Gasteiger partial charge >= 0.3 is 12.3 Å². The Bertz CT molecular complexity index is 665. The number of aryl methyl sites for hydroxylation is 1. The molecule has 0 aliphatic carbocycles. The van der Waals surface area contributed by atoms with E-state index in [-0.39, 0.29) is 22.9 Å². The highest BCUT2D eigenvalue weighted by Crippen LogP contribution is 2.24. The first-order chi connectivity index (χ1) is 9.97. The topological polar surface area (TPSA) is 78.4 Å². The first kappa shape index (κ1) is 14.6. The highest BCUT2D eigenvalue weighted by atomic mass is 19.3. The quantitative estimate of drug-likeness (QED) is 0.621. The maximum Gasteiger partial charge on any atom is 0.387 e. The van der Waals surface area contributed by atoms with Crippen molar-refractivity contribution < 1.29 is 23.0 Å². The number of ether oxygens (including phenoxy) is 1. The van der Waals surface area contributed by atoms with Gasteiger partial charge in [-0.1, -0.05) is 23.4 Å². The minimum atomic E-state index is -2.88. The smallest absolute Gasteiger partial charge is 0.387 e. The van der Waals surface area contributed by atoms with Crippen LogP contribution >= 0.6 is 0 Å². The van der Waals surface area contributed by atoms with Crippen molar-refractivity contribution in [2.24, 2.45) is 0 Å². The SMILES string of the molecule is Cc1onc(/C=C/c2ccc(OC(F)F)cc2)c1[N+](=O)[O-]. The minimum absolute atomic E-state index is 0.0328. The predicted octanol–water partition coefficient (Wildman–Crippen LogP) is 3.66. The Morgan fingerprint density at radius 2 is 2.00 bits per heavy atom. The van der Waals surface area contributed by atoms with Gasteiger partial charge in [0.15, 0.2) is 5.69 Å². The lowest BCUT2D eigenvalue weighted by Crippen LogP contribution is -2.01. The van der Waals surface area contributed by atoms with Crippen molar-refractivity contribution in [3.63, 3.8) is 0 Å². The Morgan fingerprint density at radius 1 is 1.33 bits per heavy atom. The van der Waals surface area contributed by atoms with Crippen molar-refractivity contribution in [1.82, 2.24) is 5.16 Å². The average molecular weight is 296 g/mol. The predicted molar refractivity (Wildman–Crippen MR) is 69.9 cm³/mol. The summed E-state index contributed by atoms with van der Waals surface area (Å²) >= 11 is 0. The van der Waals surface area contributed by atoms with Gasteiger partial charge in [-0.15, -0.1) is 0 Å². The number of nitrogens with zero attached hydrogens (tertiary/aromatic N) is 2. The van der Waals surface area contributed by atoms with Gasteiger partial charge in [0, 0.05) is 6.92 Å². The summed E-state index contributed by atoms with van der Waals surface area (Å²) in [7, 11) is 0. The Hall–Kier alpha value is -2.77. The Morgan fingerprint density at radius 3 is 2.57 bits per heavy atom. The summed E-state index contributed by atoms with van der Waals surface area (Å²) in [5.41, 5.74) is 0.529. The summed E-state index contributed by atoms with van der Waals surface area (Å²) in [5.74, 6) is 0.144. The van der Waals surface area contributed by atoms with Crippen LogP contribution in [0.25, 0.3) is 12.2 Å². The normalized spacial score (nSPS) is 11.2. The molecule has 0 saturated carbocycles. The van der Waals surface area contributed by atoms with E-state index < -0.39 is 11.5 Å². The molecule has 6 nitrogen and oxygen atoms in total. The molecule has 21 heavy (non-hydrogen) atoms. The lowest BCUT2D eigenvalue weighted by Gasteiger charge is -2.03. The molecule has 0 bridgehead atoms. The number of benzene rings is 1. The largest absolute Gasteiger partial charge is 0.435 e. The zero-order valence-electron chi connectivity index (χ0n) is 10.8. The van der Waals surface area contributed by atoms with Crippen LogP contribution in [0.2, 0.25) is 0 Å². The Labute approximate surface area is 117 Å². The van der Waals surface area contributed by atoms with Crippen LogP contribution in [0.4, 0.5) is 14.5 Å². The van der Waals surface area contributed by atoms with Crippen molar-refractivity contribution in [3.05, 3.63) is 51.4 Å². The molecule has 0 aliphatic rings. The molecular formula is C13H10F2N2O4. The number of alkyl halides is 2. The lowest BCUT2D eigenvalue weighted by atomic mass is 10.2. The molecule has 0 spiro atoms. The number of halogens is 2. The van der Waals surface area contributed by atoms with Crippen molar-refractivity contribution in [2.75, 3.05) is 0 Å². The first-order valence-corrected chi connectivity index (χ1v) is 5.81. The maximum absolute atomic E-state index is 12.0. The van der Waals surface area contributed by atoms with Gasteiger partial charge in [-0.2, -0.15) is 8.78 Å². The van der Waals surface area contributed by atoms with Crippen LogP contribution in [0.5, 0.6) is 5.75 Å². The maximum atomic E-state index is 12.0. The summed E-state index contributed by atoms with van der Waals surface area (Å²) in [6.07, 6.45) is 2.97. The van der Waals surface area contributed by atoms with E-state index in [9.17, 15) is 18.9 Å². The summed E-state index contributed by atoms with van der Waals surface area (Å²) in [4.78, 5) is 10.3. The molecule has 1 aromatic heterocycles. The number of hydrogen-bond acceptors (Lipinski definition) is 5. The van der Waals surface area contributed by atoms with E-state index in [0.29, 0.717) is 5.56 Å². The van der Waals surface area contributed by atoms with Crippen molar-refractivity contribution in [1.29, 1.82) is 0 Å². The fourth-order valence-electron chi connectivity index (χ4n) is 1.65. The molecule has 0 radical (unpaired) electrons. The second kappa shape index (κ2) is 6.12. The van der Waals surface area contributed by atoms with E-state index in [1.165, 1.54) is 37.3 Å². The zero-order valence-corrected chi connectivity index (χ0v) is 10.8. The number of hydrogen-bond donors (Lipinski definition) is 0. The molecule has 0 unspecified atom stereocenters. The molecule has 0 fully saturated rings. The molecule has 110 valence electrons. The third kappa shape index (κ3) is 3.62. The van der Waals surface area contributed by atoms with E-state index in [0.717, 1.165) is 0 Å². The van der Waals surface area contributed by atoms with Crippen LogP contribution in [-0.2, 0) is 0 Å². The number of nitro groups is 1. The zero-order chi connectivity index (χ0) is 15.4. The lowest BCUT2D eigenvalue weighted by molar-refractivity contribution is -0.386. The molecular weight excluding hydrogens is 286 g/mol. The summed E-state index contributed by atoms with van der Waals surface area (Å²) in [6, 6.07) is 5.81. The van der Waals surface area contributed by atoms with E-state index >= 15 is 0 Å². The molecule has 8 heteroatoms. The highest BCUT2D eigenvalue weighted by Gasteiger charge is 2.21. The van der Waals surface area contributed by atoms with Gasteiger partial charge < -0.3 is 9.26 Å². The first-order valence-electron chi connectivity index (χ1n) is 5.81. The van der Waals surface area contributed by atoms with E-state index in [1.54, 1.807) is 6.08 Å².